The number of hydrogen-bond acceptors (Lipinski definition) is 5. The minimum absolute atomic E-state index is 0.0221. The summed E-state index contributed by atoms with van der Waals surface area (Å²) in [5, 5.41) is 17.0. The van der Waals surface area contributed by atoms with Crippen LogP contribution in [0.15, 0.2) is 91.0 Å². The minimum Gasteiger partial charge on any atom is -0.444 e. The molecule has 0 saturated heterocycles. The smallest absolute Gasteiger partial charge is 0.407 e. The molecule has 4 atom stereocenters. The van der Waals surface area contributed by atoms with Crippen molar-refractivity contribution in [1.82, 2.24) is 10.6 Å². The quantitative estimate of drug-likeness (QED) is 0.273. The van der Waals surface area contributed by atoms with Crippen LogP contribution in [-0.2, 0) is 27.2 Å². The van der Waals surface area contributed by atoms with Crippen molar-refractivity contribution in [2.75, 3.05) is 0 Å². The Kier molecular flexibility index (Phi) is 10.8. The molecular weight excluding hydrogens is 506 g/mol. The van der Waals surface area contributed by atoms with Gasteiger partial charge in [0.2, 0.25) is 11.8 Å². The van der Waals surface area contributed by atoms with Crippen molar-refractivity contribution in [2.24, 2.45) is 11.7 Å². The zero-order valence-electron chi connectivity index (χ0n) is 23.2. The van der Waals surface area contributed by atoms with Gasteiger partial charge in [0.15, 0.2) is 0 Å². The summed E-state index contributed by atoms with van der Waals surface area (Å²) in [5.74, 6) is -1.83. The number of nitrogens with two attached hydrogens (primary N) is 1. The number of alkyl carbamates (subject to hydrolysis) is 1. The number of hydrogen-bond donors (Lipinski definition) is 4. The van der Waals surface area contributed by atoms with E-state index in [0.717, 1.165) is 11.1 Å². The van der Waals surface area contributed by atoms with Gasteiger partial charge in [-0.3, -0.25) is 9.59 Å². The summed E-state index contributed by atoms with van der Waals surface area (Å²) in [6, 6.07) is 25.9. The molecule has 3 aromatic carbocycles. The van der Waals surface area contributed by atoms with Gasteiger partial charge in [-0.05, 0) is 56.7 Å². The first-order chi connectivity index (χ1) is 19.0. The highest BCUT2D eigenvalue weighted by molar-refractivity contribution is 5.88. The molecule has 0 aliphatic rings. The summed E-state index contributed by atoms with van der Waals surface area (Å²) in [6.07, 6.45) is -1.09. The second-order valence-electron chi connectivity index (χ2n) is 10.9. The van der Waals surface area contributed by atoms with Gasteiger partial charge in [0.1, 0.15) is 11.6 Å². The highest BCUT2D eigenvalue weighted by Gasteiger charge is 2.32. The van der Waals surface area contributed by atoms with Crippen LogP contribution in [0.2, 0.25) is 0 Å². The lowest BCUT2D eigenvalue weighted by Crippen LogP contribution is -2.49. The molecular formula is C32H39N3O5. The highest BCUT2D eigenvalue weighted by Crippen LogP contribution is 2.21. The van der Waals surface area contributed by atoms with Gasteiger partial charge in [-0.25, -0.2) is 4.79 Å². The Morgan fingerprint density at radius 1 is 0.800 bits per heavy atom. The fourth-order valence-corrected chi connectivity index (χ4v) is 4.47. The second-order valence-corrected chi connectivity index (χ2v) is 10.9. The van der Waals surface area contributed by atoms with E-state index in [4.69, 9.17) is 10.5 Å². The van der Waals surface area contributed by atoms with E-state index in [1.807, 2.05) is 66.7 Å². The summed E-state index contributed by atoms with van der Waals surface area (Å²) in [6.45, 7) is 5.28. The SMILES string of the molecule is CC(C)(C)OC(=O)N[C@@H](Cc1ccccc1)[C@@H](O)C[C@@H](Cc1ccccc1)C(=O)N[C@H](C(N)=O)c1ccccc1. The van der Waals surface area contributed by atoms with E-state index in [0.29, 0.717) is 18.4 Å². The Bertz CT molecular complexity index is 1230. The maximum Gasteiger partial charge on any atom is 0.407 e. The number of ether oxygens (including phenoxy) is 1. The van der Waals surface area contributed by atoms with Gasteiger partial charge in [0, 0.05) is 5.92 Å². The molecule has 0 radical (unpaired) electrons. The molecule has 0 aromatic heterocycles. The van der Waals surface area contributed by atoms with E-state index >= 15 is 0 Å². The number of aliphatic hydroxyl groups is 1. The summed E-state index contributed by atoms with van der Waals surface area (Å²) in [7, 11) is 0. The third kappa shape index (κ3) is 9.85. The maximum atomic E-state index is 13.6. The van der Waals surface area contributed by atoms with Crippen molar-refractivity contribution in [2.45, 2.75) is 63.8 Å². The van der Waals surface area contributed by atoms with Crippen molar-refractivity contribution < 1.29 is 24.2 Å². The van der Waals surface area contributed by atoms with E-state index in [1.165, 1.54) is 0 Å². The summed E-state index contributed by atoms with van der Waals surface area (Å²) >= 11 is 0. The van der Waals surface area contributed by atoms with Gasteiger partial charge in [0.05, 0.1) is 12.1 Å². The first kappa shape index (κ1) is 30.4. The van der Waals surface area contributed by atoms with Crippen LogP contribution in [0.25, 0.3) is 0 Å². The largest absolute Gasteiger partial charge is 0.444 e. The summed E-state index contributed by atoms with van der Waals surface area (Å²) in [5.41, 5.74) is 7.29. The molecule has 3 rings (SSSR count). The lowest BCUT2D eigenvalue weighted by Gasteiger charge is -2.29. The van der Waals surface area contributed by atoms with Crippen molar-refractivity contribution >= 4 is 17.9 Å². The standard InChI is InChI=1S/C32H39N3O5/c1-32(2,3)40-31(39)34-26(20-23-15-9-5-10-16-23)27(36)21-25(19-22-13-7-4-8-14-22)30(38)35-28(29(33)37)24-17-11-6-12-18-24/h4-18,25-28,36H,19-21H2,1-3H3,(H2,33,37)(H,34,39)(H,35,38)/t25-,26+,27+,28+/m1/s1. The predicted molar refractivity (Wildman–Crippen MR) is 154 cm³/mol. The van der Waals surface area contributed by atoms with Crippen molar-refractivity contribution in [3.05, 3.63) is 108 Å². The first-order valence-electron chi connectivity index (χ1n) is 13.4. The van der Waals surface area contributed by atoms with Crippen LogP contribution in [0.1, 0.15) is 49.9 Å². The summed E-state index contributed by atoms with van der Waals surface area (Å²) < 4.78 is 5.44. The fourth-order valence-electron chi connectivity index (χ4n) is 4.47. The molecule has 5 N–H and O–H groups in total. The number of carbonyl (C=O) groups is 3. The van der Waals surface area contributed by atoms with Crippen molar-refractivity contribution in [1.29, 1.82) is 0 Å². The Morgan fingerprint density at radius 2 is 1.30 bits per heavy atom. The van der Waals surface area contributed by atoms with Crippen molar-refractivity contribution in [3.8, 4) is 0 Å². The van der Waals surface area contributed by atoms with E-state index < -0.39 is 47.6 Å². The summed E-state index contributed by atoms with van der Waals surface area (Å²) in [4.78, 5) is 38.6. The predicted octanol–water partition coefficient (Wildman–Crippen LogP) is 4.08. The molecule has 0 bridgehead atoms. The number of rotatable bonds is 12. The molecule has 8 heteroatoms. The molecule has 212 valence electrons. The molecule has 0 spiro atoms. The Balaban J connectivity index is 1.85. The van der Waals surface area contributed by atoms with E-state index in [9.17, 15) is 19.5 Å². The van der Waals surface area contributed by atoms with Crippen LogP contribution in [0.5, 0.6) is 0 Å². The molecule has 3 aromatic rings. The van der Waals surface area contributed by atoms with Crippen LogP contribution in [-0.4, -0.2) is 40.8 Å². The molecule has 0 heterocycles. The van der Waals surface area contributed by atoms with Crippen LogP contribution >= 0.6 is 0 Å². The zero-order chi connectivity index (χ0) is 29.1. The number of nitrogens with one attached hydrogen (secondary N) is 2. The number of amides is 3. The topological polar surface area (TPSA) is 131 Å². The van der Waals surface area contributed by atoms with Gasteiger partial charge >= 0.3 is 6.09 Å². The molecule has 0 unspecified atom stereocenters. The Labute approximate surface area is 235 Å². The Morgan fingerprint density at radius 3 is 1.80 bits per heavy atom. The first-order valence-corrected chi connectivity index (χ1v) is 13.4. The highest BCUT2D eigenvalue weighted by atomic mass is 16.6. The average Bonchev–Trinajstić information content (AvgIpc) is 2.91. The third-order valence-electron chi connectivity index (χ3n) is 6.39. The number of aliphatic hydroxyl groups excluding tert-OH is 1. The Hall–Kier alpha value is -4.17. The minimum atomic E-state index is -1.10. The normalized spacial score (nSPS) is 14.3. The maximum absolute atomic E-state index is 13.6. The van der Waals surface area contributed by atoms with E-state index in [1.54, 1.807) is 45.0 Å². The van der Waals surface area contributed by atoms with Gasteiger partial charge in [-0.15, -0.1) is 0 Å². The molecule has 3 amide bonds. The van der Waals surface area contributed by atoms with Gasteiger partial charge < -0.3 is 26.2 Å². The average molecular weight is 546 g/mol. The molecule has 8 nitrogen and oxygen atoms in total. The number of primary amides is 1. The number of benzene rings is 3. The lowest BCUT2D eigenvalue weighted by molar-refractivity contribution is -0.130. The van der Waals surface area contributed by atoms with Crippen LogP contribution in [0.4, 0.5) is 4.79 Å². The van der Waals surface area contributed by atoms with Crippen LogP contribution in [0.3, 0.4) is 0 Å². The molecule has 0 aliphatic carbocycles. The van der Waals surface area contributed by atoms with E-state index in [-0.39, 0.29) is 6.42 Å². The molecule has 40 heavy (non-hydrogen) atoms. The zero-order valence-corrected chi connectivity index (χ0v) is 23.2. The van der Waals surface area contributed by atoms with Gasteiger partial charge in [-0.2, -0.15) is 0 Å². The van der Waals surface area contributed by atoms with Gasteiger partial charge in [0.25, 0.3) is 0 Å². The monoisotopic (exact) mass is 545 g/mol. The molecule has 0 saturated carbocycles. The molecule has 0 fully saturated rings. The second kappa shape index (κ2) is 14.3. The lowest BCUT2D eigenvalue weighted by atomic mass is 9.88. The fraction of sp³-hybridized carbons (Fsp3) is 0.344. The van der Waals surface area contributed by atoms with Crippen molar-refractivity contribution in [3.63, 3.8) is 0 Å². The van der Waals surface area contributed by atoms with Crippen LogP contribution < -0.4 is 16.4 Å². The van der Waals surface area contributed by atoms with E-state index in [2.05, 4.69) is 10.6 Å². The van der Waals surface area contributed by atoms with Crippen LogP contribution in [0, 0.1) is 5.92 Å². The number of carbonyl (C=O) groups excluding carboxylic acids is 3. The van der Waals surface area contributed by atoms with Gasteiger partial charge in [-0.1, -0.05) is 91.0 Å². The molecule has 0 aliphatic heterocycles. The third-order valence-corrected chi connectivity index (χ3v) is 6.39.